The number of ether oxygens (including phenoxy) is 1. The lowest BCUT2D eigenvalue weighted by atomic mass is 9.89. The maximum atomic E-state index is 11.9. The monoisotopic (exact) mass is 340 g/mol. The maximum absolute atomic E-state index is 11.9. The SMILES string of the molecule is CN(C)C(=O)CC1(O)CCCN(CCOc2ccc(Cl)cc2)C1. The van der Waals surface area contributed by atoms with E-state index in [-0.39, 0.29) is 12.3 Å². The third kappa shape index (κ3) is 5.68. The van der Waals surface area contributed by atoms with Gasteiger partial charge in [0.2, 0.25) is 5.91 Å². The molecule has 128 valence electrons. The summed E-state index contributed by atoms with van der Waals surface area (Å²) in [6, 6.07) is 7.27. The van der Waals surface area contributed by atoms with Crippen LogP contribution in [0.3, 0.4) is 0 Å². The maximum Gasteiger partial charge on any atom is 0.224 e. The van der Waals surface area contributed by atoms with Crippen LogP contribution in [0.5, 0.6) is 5.75 Å². The van der Waals surface area contributed by atoms with Gasteiger partial charge in [0, 0.05) is 32.2 Å². The first-order valence-electron chi connectivity index (χ1n) is 7.91. The molecule has 6 heteroatoms. The Hall–Kier alpha value is -1.30. The van der Waals surface area contributed by atoms with E-state index in [2.05, 4.69) is 4.90 Å². The fourth-order valence-electron chi connectivity index (χ4n) is 2.80. The second-order valence-electron chi connectivity index (χ2n) is 6.37. The van der Waals surface area contributed by atoms with Crippen molar-refractivity contribution in [1.29, 1.82) is 0 Å². The summed E-state index contributed by atoms with van der Waals surface area (Å²) in [6.45, 7) is 2.69. The van der Waals surface area contributed by atoms with E-state index in [0.717, 1.165) is 25.3 Å². The zero-order valence-electron chi connectivity index (χ0n) is 13.8. The van der Waals surface area contributed by atoms with Gasteiger partial charge >= 0.3 is 0 Å². The Morgan fingerprint density at radius 1 is 1.39 bits per heavy atom. The smallest absolute Gasteiger partial charge is 0.224 e. The van der Waals surface area contributed by atoms with Crippen molar-refractivity contribution in [2.45, 2.75) is 24.9 Å². The highest BCUT2D eigenvalue weighted by atomic mass is 35.5. The molecule has 0 spiro atoms. The average Bonchev–Trinajstić information content (AvgIpc) is 2.49. The van der Waals surface area contributed by atoms with Gasteiger partial charge in [0.25, 0.3) is 0 Å². The molecule has 1 unspecified atom stereocenters. The first-order valence-corrected chi connectivity index (χ1v) is 8.29. The van der Waals surface area contributed by atoms with Crippen molar-refractivity contribution < 1.29 is 14.6 Å². The molecule has 0 radical (unpaired) electrons. The van der Waals surface area contributed by atoms with Crippen molar-refractivity contribution in [2.24, 2.45) is 0 Å². The lowest BCUT2D eigenvalue weighted by Gasteiger charge is -2.39. The largest absolute Gasteiger partial charge is 0.492 e. The van der Waals surface area contributed by atoms with E-state index in [1.807, 2.05) is 12.1 Å². The van der Waals surface area contributed by atoms with Crippen LogP contribution in [0.2, 0.25) is 5.02 Å². The molecule has 1 fully saturated rings. The highest BCUT2D eigenvalue weighted by Crippen LogP contribution is 2.25. The lowest BCUT2D eigenvalue weighted by molar-refractivity contribution is -0.136. The van der Waals surface area contributed by atoms with Crippen molar-refractivity contribution in [2.75, 3.05) is 40.3 Å². The molecule has 1 N–H and O–H groups in total. The summed E-state index contributed by atoms with van der Waals surface area (Å²) in [5.41, 5.74) is -0.931. The summed E-state index contributed by atoms with van der Waals surface area (Å²) >= 11 is 5.84. The first-order chi connectivity index (χ1) is 10.9. The molecule has 1 saturated heterocycles. The van der Waals surface area contributed by atoms with Crippen molar-refractivity contribution in [3.63, 3.8) is 0 Å². The normalized spacial score (nSPS) is 21.9. The predicted octanol–water partition coefficient (Wildman–Crippen LogP) is 2.02. The van der Waals surface area contributed by atoms with Crippen LogP contribution in [0.15, 0.2) is 24.3 Å². The number of aliphatic hydroxyl groups is 1. The first kappa shape index (κ1) is 18.0. The fraction of sp³-hybridized carbons (Fsp3) is 0.588. The fourth-order valence-corrected chi connectivity index (χ4v) is 2.93. The van der Waals surface area contributed by atoms with E-state index < -0.39 is 5.60 Å². The number of benzene rings is 1. The molecule has 1 aliphatic heterocycles. The number of piperidine rings is 1. The van der Waals surface area contributed by atoms with Gasteiger partial charge in [-0.3, -0.25) is 9.69 Å². The van der Waals surface area contributed by atoms with Gasteiger partial charge in [-0.05, 0) is 43.7 Å². The molecule has 1 aromatic carbocycles. The molecule has 1 aromatic rings. The third-order valence-corrected chi connectivity index (χ3v) is 4.36. The van der Waals surface area contributed by atoms with Crippen molar-refractivity contribution >= 4 is 17.5 Å². The molecule has 5 nitrogen and oxygen atoms in total. The number of likely N-dealkylation sites (tertiary alicyclic amines) is 1. The van der Waals surface area contributed by atoms with E-state index in [1.54, 1.807) is 26.2 Å². The number of carbonyl (C=O) groups is 1. The number of halogens is 1. The predicted molar refractivity (Wildman–Crippen MR) is 90.9 cm³/mol. The number of hydrogen-bond acceptors (Lipinski definition) is 4. The summed E-state index contributed by atoms with van der Waals surface area (Å²) in [7, 11) is 3.43. The highest BCUT2D eigenvalue weighted by Gasteiger charge is 2.35. The highest BCUT2D eigenvalue weighted by molar-refractivity contribution is 6.30. The topological polar surface area (TPSA) is 53.0 Å². The Balaban J connectivity index is 1.79. The molecular weight excluding hydrogens is 316 g/mol. The standard InChI is InChI=1S/C17H25ClN2O3/c1-19(2)16(21)12-17(22)8-3-9-20(13-17)10-11-23-15-6-4-14(18)5-7-15/h4-7,22H,3,8-13H2,1-2H3. The summed E-state index contributed by atoms with van der Waals surface area (Å²) in [5.74, 6) is 0.747. The van der Waals surface area contributed by atoms with Crippen LogP contribution < -0.4 is 4.74 Å². The third-order valence-electron chi connectivity index (χ3n) is 4.10. The summed E-state index contributed by atoms with van der Waals surface area (Å²) in [6.07, 6.45) is 1.73. The van der Waals surface area contributed by atoms with Gasteiger partial charge in [-0.2, -0.15) is 0 Å². The summed E-state index contributed by atoms with van der Waals surface area (Å²) in [5, 5.41) is 11.3. The van der Waals surface area contributed by atoms with Crippen LogP contribution >= 0.6 is 11.6 Å². The van der Waals surface area contributed by atoms with E-state index in [1.165, 1.54) is 4.90 Å². The molecule has 0 aromatic heterocycles. The van der Waals surface area contributed by atoms with Crippen LogP contribution in [0, 0.1) is 0 Å². The average molecular weight is 341 g/mol. The van der Waals surface area contributed by atoms with Crippen LogP contribution in [0.25, 0.3) is 0 Å². The van der Waals surface area contributed by atoms with Gasteiger partial charge in [0.05, 0.1) is 12.0 Å². The molecule has 1 atom stereocenters. The molecular formula is C17H25ClN2O3. The van der Waals surface area contributed by atoms with E-state index in [0.29, 0.717) is 24.6 Å². The van der Waals surface area contributed by atoms with Gasteiger partial charge < -0.3 is 14.7 Å². The number of rotatable bonds is 6. The molecule has 23 heavy (non-hydrogen) atoms. The number of nitrogens with zero attached hydrogens (tertiary/aromatic N) is 2. The molecule has 1 aliphatic rings. The second kappa shape index (κ2) is 7.99. The van der Waals surface area contributed by atoms with Gasteiger partial charge in [-0.25, -0.2) is 0 Å². The molecule has 2 rings (SSSR count). The van der Waals surface area contributed by atoms with E-state index >= 15 is 0 Å². The van der Waals surface area contributed by atoms with Gasteiger partial charge in [-0.1, -0.05) is 11.6 Å². The van der Waals surface area contributed by atoms with E-state index in [4.69, 9.17) is 16.3 Å². The second-order valence-corrected chi connectivity index (χ2v) is 6.81. The Morgan fingerprint density at radius 3 is 2.74 bits per heavy atom. The molecule has 1 heterocycles. The minimum Gasteiger partial charge on any atom is -0.492 e. The molecule has 0 saturated carbocycles. The number of carbonyl (C=O) groups excluding carboxylic acids is 1. The quantitative estimate of drug-likeness (QED) is 0.861. The molecule has 1 amide bonds. The number of β-amino-alcohol motifs (C(OH)–C–C–N with tert-alkyl or cyclic N) is 1. The Labute approximate surface area is 142 Å². The lowest BCUT2D eigenvalue weighted by Crippen LogP contribution is -2.51. The Morgan fingerprint density at radius 2 is 2.09 bits per heavy atom. The van der Waals surface area contributed by atoms with Crippen LogP contribution in [0.1, 0.15) is 19.3 Å². The zero-order chi connectivity index (χ0) is 16.9. The zero-order valence-corrected chi connectivity index (χ0v) is 14.6. The van der Waals surface area contributed by atoms with Crippen LogP contribution in [0.4, 0.5) is 0 Å². The summed E-state index contributed by atoms with van der Waals surface area (Å²) < 4.78 is 5.69. The molecule has 0 bridgehead atoms. The van der Waals surface area contributed by atoms with Crippen molar-refractivity contribution in [3.8, 4) is 5.75 Å². The number of amides is 1. The van der Waals surface area contributed by atoms with Crippen molar-refractivity contribution in [3.05, 3.63) is 29.3 Å². The minimum atomic E-state index is -0.931. The molecule has 0 aliphatic carbocycles. The van der Waals surface area contributed by atoms with Crippen molar-refractivity contribution in [1.82, 2.24) is 9.80 Å². The Bertz CT molecular complexity index is 521. The van der Waals surface area contributed by atoms with Crippen LogP contribution in [-0.4, -0.2) is 66.8 Å². The number of hydrogen-bond donors (Lipinski definition) is 1. The minimum absolute atomic E-state index is 0.0354. The van der Waals surface area contributed by atoms with Crippen LogP contribution in [-0.2, 0) is 4.79 Å². The van der Waals surface area contributed by atoms with Gasteiger partial charge in [-0.15, -0.1) is 0 Å². The van der Waals surface area contributed by atoms with E-state index in [9.17, 15) is 9.90 Å². The summed E-state index contributed by atoms with van der Waals surface area (Å²) in [4.78, 5) is 15.5. The van der Waals surface area contributed by atoms with Gasteiger partial charge in [0.1, 0.15) is 12.4 Å². The van der Waals surface area contributed by atoms with Gasteiger partial charge in [0.15, 0.2) is 0 Å². The Kier molecular flexibility index (Phi) is 6.27.